The molecule has 0 aliphatic heterocycles. The van der Waals surface area contributed by atoms with Gasteiger partial charge in [0.2, 0.25) is 10.0 Å². The van der Waals surface area contributed by atoms with Crippen molar-refractivity contribution in [1.29, 1.82) is 0 Å². The van der Waals surface area contributed by atoms with Crippen LogP contribution >= 0.6 is 0 Å². The molecule has 0 heterocycles. The molecule has 0 radical (unpaired) electrons. The first kappa shape index (κ1) is 16.1. The molecule has 19 heavy (non-hydrogen) atoms. The molecular weight excluding hydrogens is 260 g/mol. The first-order valence-electron chi connectivity index (χ1n) is 6.66. The van der Waals surface area contributed by atoms with Crippen molar-refractivity contribution in [3.05, 3.63) is 28.8 Å². The molecule has 0 saturated carbocycles. The predicted octanol–water partition coefficient (Wildman–Crippen LogP) is 2.10. The second-order valence-corrected chi connectivity index (χ2v) is 6.56. The Balaban J connectivity index is 3.08. The number of benzene rings is 1. The van der Waals surface area contributed by atoms with Gasteiger partial charge in [0.15, 0.2) is 0 Å². The molecule has 2 N–H and O–H groups in total. The molecule has 0 aliphatic carbocycles. The lowest BCUT2D eigenvalue weighted by atomic mass is 10.1. The summed E-state index contributed by atoms with van der Waals surface area (Å²) >= 11 is 0. The second-order valence-electron chi connectivity index (χ2n) is 4.83. The molecule has 0 aliphatic rings. The lowest BCUT2D eigenvalue weighted by molar-refractivity contribution is 0.577. The molecule has 0 spiro atoms. The van der Waals surface area contributed by atoms with Gasteiger partial charge in [-0.3, -0.25) is 0 Å². The number of aryl methyl sites for hydroxylation is 2. The molecule has 0 amide bonds. The van der Waals surface area contributed by atoms with Crippen LogP contribution in [-0.2, 0) is 16.6 Å². The van der Waals surface area contributed by atoms with E-state index in [1.165, 1.54) is 0 Å². The van der Waals surface area contributed by atoms with E-state index < -0.39 is 10.0 Å². The maximum Gasteiger partial charge on any atom is 0.240 e. The molecule has 5 heteroatoms. The predicted molar refractivity (Wildman–Crippen MR) is 78.8 cm³/mol. The highest BCUT2D eigenvalue weighted by molar-refractivity contribution is 7.89. The normalized spacial score (nSPS) is 11.8. The van der Waals surface area contributed by atoms with Crippen molar-refractivity contribution in [2.45, 2.75) is 45.1 Å². The zero-order valence-electron chi connectivity index (χ0n) is 12.2. The van der Waals surface area contributed by atoms with Gasteiger partial charge < -0.3 is 5.32 Å². The first-order chi connectivity index (χ1) is 8.92. The van der Waals surface area contributed by atoms with Crippen molar-refractivity contribution in [3.8, 4) is 0 Å². The largest absolute Gasteiger partial charge is 0.316 e. The number of hydrogen-bond donors (Lipinski definition) is 2. The Bertz CT molecular complexity index is 524. The van der Waals surface area contributed by atoms with Crippen molar-refractivity contribution in [2.75, 3.05) is 13.6 Å². The van der Waals surface area contributed by atoms with E-state index in [1.807, 2.05) is 33.9 Å². The Hall–Kier alpha value is -0.910. The summed E-state index contributed by atoms with van der Waals surface area (Å²) < 4.78 is 27.2. The fourth-order valence-corrected chi connectivity index (χ4v) is 3.35. The average Bonchev–Trinajstić information content (AvgIpc) is 2.32. The molecule has 4 nitrogen and oxygen atoms in total. The minimum atomic E-state index is -3.40. The van der Waals surface area contributed by atoms with Gasteiger partial charge in [0.05, 0.1) is 4.90 Å². The molecule has 108 valence electrons. The van der Waals surface area contributed by atoms with Gasteiger partial charge in [-0.05, 0) is 50.1 Å². The van der Waals surface area contributed by atoms with Crippen molar-refractivity contribution < 1.29 is 8.42 Å². The summed E-state index contributed by atoms with van der Waals surface area (Å²) in [7, 11) is -1.54. The fourth-order valence-electron chi connectivity index (χ4n) is 2.01. The molecule has 1 aromatic carbocycles. The van der Waals surface area contributed by atoms with Gasteiger partial charge in [0.1, 0.15) is 0 Å². The second kappa shape index (κ2) is 7.03. The summed E-state index contributed by atoms with van der Waals surface area (Å²) in [5.41, 5.74) is 2.92. The Morgan fingerprint density at radius 1 is 1.16 bits per heavy atom. The van der Waals surface area contributed by atoms with E-state index in [0.717, 1.165) is 29.5 Å². The lowest BCUT2D eigenvalue weighted by Gasteiger charge is -2.13. The van der Waals surface area contributed by atoms with Gasteiger partial charge in [0.25, 0.3) is 0 Å². The Morgan fingerprint density at radius 3 is 2.42 bits per heavy atom. The van der Waals surface area contributed by atoms with E-state index in [-0.39, 0.29) is 0 Å². The van der Waals surface area contributed by atoms with Crippen LogP contribution in [0.1, 0.15) is 36.5 Å². The lowest BCUT2D eigenvalue weighted by Crippen LogP contribution is -2.25. The zero-order valence-corrected chi connectivity index (χ0v) is 13.0. The molecular formula is C14H24N2O2S. The third kappa shape index (κ3) is 4.30. The van der Waals surface area contributed by atoms with Crippen molar-refractivity contribution in [3.63, 3.8) is 0 Å². The third-order valence-corrected chi connectivity index (χ3v) is 4.72. The smallest absolute Gasteiger partial charge is 0.240 e. The Kier molecular flexibility index (Phi) is 5.97. The minimum absolute atomic E-state index is 0.388. The first-order valence-corrected chi connectivity index (χ1v) is 8.15. The molecule has 0 atom stereocenters. The van der Waals surface area contributed by atoms with Gasteiger partial charge in [-0.25, -0.2) is 13.1 Å². The molecule has 1 aromatic rings. The summed E-state index contributed by atoms with van der Waals surface area (Å²) in [6, 6.07) is 3.70. The van der Waals surface area contributed by atoms with E-state index >= 15 is 0 Å². The Labute approximate surface area is 116 Å². The average molecular weight is 284 g/mol. The van der Waals surface area contributed by atoms with Gasteiger partial charge in [-0.15, -0.1) is 0 Å². The van der Waals surface area contributed by atoms with Crippen molar-refractivity contribution >= 4 is 10.0 Å². The summed E-state index contributed by atoms with van der Waals surface area (Å²) in [6.07, 6.45) is 1.83. The summed E-state index contributed by atoms with van der Waals surface area (Å²) in [4.78, 5) is 0.388. The molecule has 0 unspecified atom stereocenters. The van der Waals surface area contributed by atoms with E-state index in [9.17, 15) is 8.42 Å². The quantitative estimate of drug-likeness (QED) is 0.754. The van der Waals surface area contributed by atoms with Crippen molar-refractivity contribution in [1.82, 2.24) is 10.0 Å². The van der Waals surface area contributed by atoms with Crippen LogP contribution < -0.4 is 10.0 Å². The van der Waals surface area contributed by atoms with Crippen LogP contribution in [-0.4, -0.2) is 22.0 Å². The standard InChI is InChI=1S/C14H24N2O2S/c1-5-6-7-16-19(17,18)14-9-13(10-15-4)11(2)8-12(14)3/h8-9,15-16H,5-7,10H2,1-4H3. The number of hydrogen-bond acceptors (Lipinski definition) is 3. The maximum atomic E-state index is 12.3. The fraction of sp³-hybridized carbons (Fsp3) is 0.571. The van der Waals surface area contributed by atoms with Gasteiger partial charge in [-0.1, -0.05) is 19.4 Å². The van der Waals surface area contributed by atoms with E-state index in [0.29, 0.717) is 18.0 Å². The SMILES string of the molecule is CCCCNS(=O)(=O)c1cc(CNC)c(C)cc1C. The van der Waals surface area contributed by atoms with Gasteiger partial charge >= 0.3 is 0 Å². The minimum Gasteiger partial charge on any atom is -0.316 e. The van der Waals surface area contributed by atoms with Crippen LogP contribution in [0.4, 0.5) is 0 Å². The maximum absolute atomic E-state index is 12.3. The summed E-state index contributed by atoms with van der Waals surface area (Å²) in [5, 5.41) is 3.06. The monoisotopic (exact) mass is 284 g/mol. The number of nitrogens with one attached hydrogen (secondary N) is 2. The van der Waals surface area contributed by atoms with Crippen LogP contribution in [0, 0.1) is 13.8 Å². The summed E-state index contributed by atoms with van der Waals surface area (Å²) in [6.45, 7) is 7.04. The van der Waals surface area contributed by atoms with Gasteiger partial charge in [-0.2, -0.15) is 0 Å². The molecule has 0 bridgehead atoms. The van der Waals surface area contributed by atoms with Crippen LogP contribution in [0.5, 0.6) is 0 Å². The highest BCUT2D eigenvalue weighted by Gasteiger charge is 2.17. The number of rotatable bonds is 7. The highest BCUT2D eigenvalue weighted by atomic mass is 32.2. The zero-order chi connectivity index (χ0) is 14.5. The van der Waals surface area contributed by atoms with Gasteiger partial charge in [0, 0.05) is 13.1 Å². The van der Waals surface area contributed by atoms with Crippen LogP contribution in [0.3, 0.4) is 0 Å². The van der Waals surface area contributed by atoms with Crippen LogP contribution in [0.25, 0.3) is 0 Å². The molecule has 0 fully saturated rings. The molecule has 1 rings (SSSR count). The topological polar surface area (TPSA) is 58.2 Å². The Morgan fingerprint density at radius 2 is 1.84 bits per heavy atom. The highest BCUT2D eigenvalue weighted by Crippen LogP contribution is 2.20. The van der Waals surface area contributed by atoms with E-state index in [1.54, 1.807) is 6.07 Å². The number of unbranched alkanes of at least 4 members (excludes halogenated alkanes) is 1. The van der Waals surface area contributed by atoms with Crippen molar-refractivity contribution in [2.24, 2.45) is 0 Å². The summed E-state index contributed by atoms with van der Waals surface area (Å²) in [5.74, 6) is 0. The van der Waals surface area contributed by atoms with E-state index in [4.69, 9.17) is 0 Å². The number of sulfonamides is 1. The molecule has 0 saturated heterocycles. The third-order valence-electron chi connectivity index (χ3n) is 3.11. The molecule has 0 aromatic heterocycles. The van der Waals surface area contributed by atoms with E-state index in [2.05, 4.69) is 10.0 Å². The van der Waals surface area contributed by atoms with Crippen LogP contribution in [0.2, 0.25) is 0 Å². The van der Waals surface area contributed by atoms with Crippen LogP contribution in [0.15, 0.2) is 17.0 Å².